The smallest absolute Gasteiger partial charge is 0.191 e. The highest BCUT2D eigenvalue weighted by atomic mass is 127. The molecule has 0 spiro atoms. The number of piperidine rings is 1. The van der Waals surface area contributed by atoms with E-state index in [2.05, 4.69) is 32.5 Å². The number of rotatable bonds is 6. The molecular weight excluding hydrogens is 403 g/mol. The first kappa shape index (κ1) is 20.2. The van der Waals surface area contributed by atoms with Crippen molar-refractivity contribution in [2.75, 3.05) is 26.7 Å². The molecule has 132 valence electrons. The minimum absolute atomic E-state index is 0. The van der Waals surface area contributed by atoms with Crippen LogP contribution in [-0.2, 0) is 13.6 Å². The van der Waals surface area contributed by atoms with Crippen molar-refractivity contribution in [1.29, 1.82) is 0 Å². The van der Waals surface area contributed by atoms with Gasteiger partial charge >= 0.3 is 0 Å². The summed E-state index contributed by atoms with van der Waals surface area (Å²) in [4.78, 5) is 6.90. The molecule has 0 aromatic carbocycles. The Morgan fingerprint density at radius 3 is 2.87 bits per heavy atom. The van der Waals surface area contributed by atoms with Crippen molar-refractivity contribution >= 4 is 29.9 Å². The molecule has 1 unspecified atom stereocenters. The van der Waals surface area contributed by atoms with Crippen molar-refractivity contribution in [2.45, 2.75) is 45.2 Å². The highest BCUT2D eigenvalue weighted by molar-refractivity contribution is 14.0. The van der Waals surface area contributed by atoms with Crippen LogP contribution in [-0.4, -0.2) is 53.4 Å². The van der Waals surface area contributed by atoms with Crippen molar-refractivity contribution in [3.8, 4) is 0 Å². The molecule has 1 fully saturated rings. The van der Waals surface area contributed by atoms with E-state index in [9.17, 15) is 0 Å². The number of hydrogen-bond acceptors (Lipinski definition) is 3. The van der Waals surface area contributed by atoms with E-state index in [0.29, 0.717) is 0 Å². The highest BCUT2D eigenvalue weighted by Gasteiger charge is 2.19. The molecule has 1 aromatic heterocycles. The molecule has 23 heavy (non-hydrogen) atoms. The molecule has 0 radical (unpaired) electrons. The zero-order valence-corrected chi connectivity index (χ0v) is 16.9. The molecule has 2 N–H and O–H groups in total. The molecule has 2 heterocycles. The molecule has 0 saturated carbocycles. The molecular formula is C16H31IN6. The monoisotopic (exact) mass is 434 g/mol. The van der Waals surface area contributed by atoms with Crippen molar-refractivity contribution in [2.24, 2.45) is 12.0 Å². The van der Waals surface area contributed by atoms with Crippen LogP contribution in [0.1, 0.15) is 38.2 Å². The molecule has 1 aliphatic heterocycles. The van der Waals surface area contributed by atoms with Crippen LogP contribution < -0.4 is 10.6 Å². The fourth-order valence-electron chi connectivity index (χ4n) is 3.10. The zero-order chi connectivity index (χ0) is 15.8. The van der Waals surface area contributed by atoms with Crippen molar-refractivity contribution in [1.82, 2.24) is 25.3 Å². The van der Waals surface area contributed by atoms with Crippen LogP contribution >= 0.6 is 24.0 Å². The normalized spacial score (nSPS) is 19.3. The summed E-state index contributed by atoms with van der Waals surface area (Å²) >= 11 is 0. The van der Waals surface area contributed by atoms with Crippen molar-refractivity contribution in [3.05, 3.63) is 18.0 Å². The molecule has 1 aromatic rings. The third-order valence-electron chi connectivity index (χ3n) is 4.35. The maximum Gasteiger partial charge on any atom is 0.191 e. The Balaban J connectivity index is 0.00000264. The van der Waals surface area contributed by atoms with Crippen LogP contribution in [0.3, 0.4) is 0 Å². The van der Waals surface area contributed by atoms with Gasteiger partial charge in [0.05, 0.1) is 6.20 Å². The number of aliphatic imine (C=N–C) groups is 1. The standard InChI is InChI=1S/C16H30N6.HI/c1-4-15-7-5-6-9-22(15)10-8-18-16(17-2)19-11-14-12-20-21(3)13-14;/h12-13,15H,4-11H2,1-3H3,(H2,17,18,19);1H. The summed E-state index contributed by atoms with van der Waals surface area (Å²) in [5.41, 5.74) is 1.16. The van der Waals surface area contributed by atoms with Gasteiger partial charge in [0.15, 0.2) is 5.96 Å². The molecule has 2 rings (SSSR count). The third-order valence-corrected chi connectivity index (χ3v) is 4.35. The van der Waals surface area contributed by atoms with E-state index in [1.54, 1.807) is 0 Å². The van der Waals surface area contributed by atoms with Crippen LogP contribution in [0.25, 0.3) is 0 Å². The van der Waals surface area contributed by atoms with Gasteiger partial charge in [-0.2, -0.15) is 5.10 Å². The van der Waals surface area contributed by atoms with Gasteiger partial charge in [-0.1, -0.05) is 13.3 Å². The van der Waals surface area contributed by atoms with Crippen molar-refractivity contribution in [3.63, 3.8) is 0 Å². The second-order valence-corrected chi connectivity index (χ2v) is 5.97. The SMILES string of the molecule is CCC1CCCCN1CCNC(=NC)NCc1cnn(C)c1.I. The van der Waals surface area contributed by atoms with Crippen LogP contribution in [0.15, 0.2) is 17.4 Å². The molecule has 6 nitrogen and oxygen atoms in total. The van der Waals surface area contributed by atoms with Crippen molar-refractivity contribution < 1.29 is 0 Å². The van der Waals surface area contributed by atoms with E-state index >= 15 is 0 Å². The Labute approximate surface area is 157 Å². The van der Waals surface area contributed by atoms with Gasteiger partial charge in [-0.25, -0.2) is 0 Å². The van der Waals surface area contributed by atoms with E-state index in [0.717, 1.165) is 37.2 Å². The van der Waals surface area contributed by atoms with E-state index in [1.807, 2.05) is 31.2 Å². The molecule has 1 aliphatic rings. The first-order chi connectivity index (χ1) is 10.7. The Morgan fingerprint density at radius 2 is 2.22 bits per heavy atom. The molecule has 1 saturated heterocycles. The average molecular weight is 434 g/mol. The maximum absolute atomic E-state index is 4.28. The lowest BCUT2D eigenvalue weighted by Crippen LogP contribution is -2.45. The van der Waals surface area contributed by atoms with Gasteiger partial charge in [-0.05, 0) is 25.8 Å². The topological polar surface area (TPSA) is 57.5 Å². The number of hydrogen-bond donors (Lipinski definition) is 2. The second-order valence-electron chi connectivity index (χ2n) is 5.97. The Morgan fingerprint density at radius 1 is 1.39 bits per heavy atom. The summed E-state index contributed by atoms with van der Waals surface area (Å²) in [7, 11) is 3.74. The predicted octanol–water partition coefficient (Wildman–Crippen LogP) is 1.97. The first-order valence-electron chi connectivity index (χ1n) is 8.39. The fourth-order valence-corrected chi connectivity index (χ4v) is 3.10. The summed E-state index contributed by atoms with van der Waals surface area (Å²) < 4.78 is 1.81. The second kappa shape index (κ2) is 10.9. The van der Waals surface area contributed by atoms with Gasteiger partial charge in [0.25, 0.3) is 0 Å². The molecule has 7 heteroatoms. The summed E-state index contributed by atoms with van der Waals surface area (Å²) in [6.07, 6.45) is 9.22. The zero-order valence-electron chi connectivity index (χ0n) is 14.6. The molecule has 1 atom stereocenters. The number of nitrogens with one attached hydrogen (secondary N) is 2. The number of likely N-dealkylation sites (tertiary alicyclic amines) is 1. The molecule has 0 amide bonds. The first-order valence-corrected chi connectivity index (χ1v) is 8.39. The van der Waals surface area contributed by atoms with Crippen LogP contribution in [0.5, 0.6) is 0 Å². The highest BCUT2D eigenvalue weighted by Crippen LogP contribution is 2.18. The summed E-state index contributed by atoms with van der Waals surface area (Å²) in [5.74, 6) is 0.855. The van der Waals surface area contributed by atoms with Crippen LogP contribution in [0.2, 0.25) is 0 Å². The summed E-state index contributed by atoms with van der Waals surface area (Å²) in [5, 5.41) is 10.9. The fraction of sp³-hybridized carbons (Fsp3) is 0.750. The number of aryl methyl sites for hydroxylation is 1. The lowest BCUT2D eigenvalue weighted by molar-refractivity contribution is 0.147. The molecule has 0 aliphatic carbocycles. The Bertz CT molecular complexity index is 473. The lowest BCUT2D eigenvalue weighted by atomic mass is 10.0. The Hall–Kier alpha value is -0.830. The predicted molar refractivity (Wildman–Crippen MR) is 106 cm³/mol. The quantitative estimate of drug-likeness (QED) is 0.409. The van der Waals surface area contributed by atoms with Crippen LogP contribution in [0.4, 0.5) is 0 Å². The van der Waals surface area contributed by atoms with E-state index in [4.69, 9.17) is 0 Å². The number of halogens is 1. The van der Waals surface area contributed by atoms with E-state index in [1.165, 1.54) is 32.2 Å². The number of guanidine groups is 1. The van der Waals surface area contributed by atoms with Crippen LogP contribution in [0, 0.1) is 0 Å². The van der Waals surface area contributed by atoms with Gasteiger partial charge in [0.1, 0.15) is 0 Å². The van der Waals surface area contributed by atoms with Gasteiger partial charge < -0.3 is 10.6 Å². The summed E-state index contributed by atoms with van der Waals surface area (Å²) in [6, 6.07) is 0.765. The minimum Gasteiger partial charge on any atom is -0.355 e. The molecule has 0 bridgehead atoms. The maximum atomic E-state index is 4.28. The average Bonchev–Trinajstić information content (AvgIpc) is 2.96. The largest absolute Gasteiger partial charge is 0.355 e. The van der Waals surface area contributed by atoms with Gasteiger partial charge in [0, 0.05) is 51.5 Å². The minimum atomic E-state index is 0. The van der Waals surface area contributed by atoms with E-state index in [-0.39, 0.29) is 24.0 Å². The lowest BCUT2D eigenvalue weighted by Gasteiger charge is -2.35. The van der Waals surface area contributed by atoms with E-state index < -0.39 is 0 Å². The van der Waals surface area contributed by atoms with Gasteiger partial charge in [-0.3, -0.25) is 14.6 Å². The summed E-state index contributed by atoms with van der Waals surface area (Å²) in [6.45, 7) is 6.30. The Kier molecular flexibility index (Phi) is 9.54. The van der Waals surface area contributed by atoms with Gasteiger partial charge in [0.2, 0.25) is 0 Å². The number of nitrogens with zero attached hydrogens (tertiary/aromatic N) is 4. The third kappa shape index (κ3) is 6.66. The number of aromatic nitrogens is 2. The van der Waals surface area contributed by atoms with Gasteiger partial charge in [-0.15, -0.1) is 24.0 Å².